The molecule has 2 heterocycles. The summed E-state index contributed by atoms with van der Waals surface area (Å²) in [5, 5.41) is 6.36. The van der Waals surface area contributed by atoms with Crippen LogP contribution in [0.1, 0.15) is 6.92 Å². The van der Waals surface area contributed by atoms with Gasteiger partial charge in [-0.3, -0.25) is 4.79 Å². The average Bonchev–Trinajstić information content (AvgIpc) is 2.40. The van der Waals surface area contributed by atoms with Crippen LogP contribution >= 0.6 is 0 Å². The van der Waals surface area contributed by atoms with Gasteiger partial charge in [-0.05, 0) is 13.0 Å². The molecule has 1 aromatic rings. The summed E-state index contributed by atoms with van der Waals surface area (Å²) in [5.74, 6) is 0.720. The van der Waals surface area contributed by atoms with Crippen molar-refractivity contribution < 1.29 is 9.53 Å². The van der Waals surface area contributed by atoms with Gasteiger partial charge in [0.25, 0.3) is 5.56 Å². The van der Waals surface area contributed by atoms with E-state index in [1.807, 2.05) is 4.90 Å². The van der Waals surface area contributed by atoms with Crippen LogP contribution in [0.5, 0.6) is 0 Å². The Hall–Kier alpha value is -2.05. The van der Waals surface area contributed by atoms with Gasteiger partial charge in [-0.15, -0.1) is 0 Å². The third kappa shape index (κ3) is 2.79. The first-order chi connectivity index (χ1) is 8.70. The molecule has 1 amide bonds. The molecule has 98 valence electrons. The molecule has 0 saturated carbocycles. The van der Waals surface area contributed by atoms with E-state index >= 15 is 0 Å². The van der Waals surface area contributed by atoms with Crippen LogP contribution in [0.15, 0.2) is 16.9 Å². The Morgan fingerprint density at radius 1 is 1.39 bits per heavy atom. The third-order valence-electron chi connectivity index (χ3n) is 2.79. The maximum atomic E-state index is 11.5. The summed E-state index contributed by atoms with van der Waals surface area (Å²) in [5.41, 5.74) is -0.219. The Labute approximate surface area is 104 Å². The van der Waals surface area contributed by atoms with Crippen LogP contribution in [0.4, 0.5) is 10.6 Å². The number of aromatic amines is 1. The van der Waals surface area contributed by atoms with Crippen molar-refractivity contribution in [2.45, 2.75) is 6.92 Å². The molecule has 1 N–H and O–H groups in total. The molecular formula is C11H16N4O3. The van der Waals surface area contributed by atoms with Crippen molar-refractivity contribution in [2.75, 3.05) is 37.7 Å². The van der Waals surface area contributed by atoms with Crippen molar-refractivity contribution in [1.29, 1.82) is 0 Å². The number of anilines is 1. The molecule has 0 spiro atoms. The lowest BCUT2D eigenvalue weighted by molar-refractivity contribution is 0.105. The van der Waals surface area contributed by atoms with Crippen molar-refractivity contribution in [3.05, 3.63) is 22.5 Å². The number of H-pyrrole nitrogens is 1. The zero-order chi connectivity index (χ0) is 13.0. The zero-order valence-electron chi connectivity index (χ0n) is 10.3. The van der Waals surface area contributed by atoms with E-state index in [2.05, 4.69) is 10.2 Å². The highest BCUT2D eigenvalue weighted by Gasteiger charge is 2.22. The van der Waals surface area contributed by atoms with Gasteiger partial charge in [-0.1, -0.05) is 0 Å². The molecule has 7 nitrogen and oxygen atoms in total. The second kappa shape index (κ2) is 5.52. The van der Waals surface area contributed by atoms with E-state index in [-0.39, 0.29) is 11.7 Å². The van der Waals surface area contributed by atoms with Gasteiger partial charge in [0.05, 0.1) is 6.61 Å². The summed E-state index contributed by atoms with van der Waals surface area (Å²) in [4.78, 5) is 26.1. The van der Waals surface area contributed by atoms with Crippen LogP contribution in [-0.2, 0) is 4.74 Å². The van der Waals surface area contributed by atoms with E-state index < -0.39 is 0 Å². The van der Waals surface area contributed by atoms with Crippen LogP contribution in [0.2, 0.25) is 0 Å². The van der Waals surface area contributed by atoms with Crippen molar-refractivity contribution in [2.24, 2.45) is 0 Å². The maximum Gasteiger partial charge on any atom is 0.409 e. The van der Waals surface area contributed by atoms with Gasteiger partial charge >= 0.3 is 6.09 Å². The Kier molecular flexibility index (Phi) is 3.81. The predicted octanol–water partition coefficient (Wildman–Crippen LogP) is 0.0484. The number of piperazine rings is 1. The highest BCUT2D eigenvalue weighted by atomic mass is 16.6. The molecule has 0 atom stereocenters. The largest absolute Gasteiger partial charge is 0.450 e. The highest BCUT2D eigenvalue weighted by molar-refractivity contribution is 5.68. The molecular weight excluding hydrogens is 236 g/mol. The van der Waals surface area contributed by atoms with Gasteiger partial charge in [0.1, 0.15) is 5.82 Å². The molecule has 0 aliphatic carbocycles. The fraction of sp³-hybridized carbons (Fsp3) is 0.545. The van der Waals surface area contributed by atoms with Crippen molar-refractivity contribution in [1.82, 2.24) is 15.1 Å². The number of carbonyl (C=O) groups is 1. The lowest BCUT2D eigenvalue weighted by atomic mass is 10.3. The molecule has 1 aliphatic heterocycles. The second-order valence-corrected chi connectivity index (χ2v) is 3.95. The Balaban J connectivity index is 1.92. The molecule has 0 radical (unpaired) electrons. The summed E-state index contributed by atoms with van der Waals surface area (Å²) in [7, 11) is 0. The topological polar surface area (TPSA) is 78.5 Å². The van der Waals surface area contributed by atoms with Crippen LogP contribution < -0.4 is 10.5 Å². The lowest BCUT2D eigenvalue weighted by Gasteiger charge is -2.34. The Bertz CT molecular complexity index is 445. The SMILES string of the molecule is CCOC(=O)N1CCN(c2ccc(=O)[nH]n2)CC1. The molecule has 2 rings (SSSR count). The lowest BCUT2D eigenvalue weighted by Crippen LogP contribution is -2.49. The van der Waals surface area contributed by atoms with Crippen LogP contribution in [0, 0.1) is 0 Å². The smallest absolute Gasteiger partial charge is 0.409 e. The van der Waals surface area contributed by atoms with Crippen LogP contribution in [0.25, 0.3) is 0 Å². The summed E-state index contributed by atoms with van der Waals surface area (Å²) >= 11 is 0. The fourth-order valence-corrected chi connectivity index (χ4v) is 1.85. The Morgan fingerprint density at radius 3 is 2.67 bits per heavy atom. The number of hydrogen-bond donors (Lipinski definition) is 1. The van der Waals surface area contributed by atoms with E-state index in [1.165, 1.54) is 6.07 Å². The van der Waals surface area contributed by atoms with Crippen LogP contribution in [-0.4, -0.2) is 54.0 Å². The summed E-state index contributed by atoms with van der Waals surface area (Å²) in [6.07, 6.45) is -0.272. The molecule has 0 bridgehead atoms. The molecule has 18 heavy (non-hydrogen) atoms. The number of amides is 1. The molecule has 0 unspecified atom stereocenters. The van der Waals surface area contributed by atoms with Gasteiger partial charge in [0.2, 0.25) is 0 Å². The monoisotopic (exact) mass is 252 g/mol. The van der Waals surface area contributed by atoms with Gasteiger partial charge in [-0.2, -0.15) is 5.10 Å². The first kappa shape index (κ1) is 12.4. The minimum Gasteiger partial charge on any atom is -0.450 e. The van der Waals surface area contributed by atoms with Crippen LogP contribution in [0.3, 0.4) is 0 Å². The van der Waals surface area contributed by atoms with E-state index in [9.17, 15) is 9.59 Å². The number of hydrogen-bond acceptors (Lipinski definition) is 5. The van der Waals surface area contributed by atoms with Crippen molar-refractivity contribution in [3.63, 3.8) is 0 Å². The van der Waals surface area contributed by atoms with E-state index in [1.54, 1.807) is 17.9 Å². The predicted molar refractivity (Wildman–Crippen MR) is 65.7 cm³/mol. The zero-order valence-corrected chi connectivity index (χ0v) is 10.3. The van der Waals surface area contributed by atoms with Crippen molar-refractivity contribution >= 4 is 11.9 Å². The van der Waals surface area contributed by atoms with E-state index in [4.69, 9.17) is 4.74 Å². The standard InChI is InChI=1S/C11H16N4O3/c1-2-18-11(17)15-7-5-14(6-8-15)9-3-4-10(16)13-12-9/h3-4H,2,5-8H2,1H3,(H,13,16). The number of ether oxygens (including phenoxy) is 1. The molecule has 1 aromatic heterocycles. The number of nitrogens with zero attached hydrogens (tertiary/aromatic N) is 3. The van der Waals surface area contributed by atoms with E-state index in [0.717, 1.165) is 5.82 Å². The third-order valence-corrected chi connectivity index (χ3v) is 2.79. The molecule has 1 saturated heterocycles. The van der Waals surface area contributed by atoms with Gasteiger partial charge < -0.3 is 14.5 Å². The number of rotatable bonds is 2. The fourth-order valence-electron chi connectivity index (χ4n) is 1.85. The first-order valence-electron chi connectivity index (χ1n) is 5.93. The summed E-state index contributed by atoms with van der Waals surface area (Å²) < 4.78 is 4.94. The number of carbonyl (C=O) groups excluding carboxylic acids is 1. The number of nitrogens with one attached hydrogen (secondary N) is 1. The minimum absolute atomic E-state index is 0.219. The second-order valence-electron chi connectivity index (χ2n) is 3.95. The van der Waals surface area contributed by atoms with Gasteiger partial charge in [0, 0.05) is 32.2 Å². The summed E-state index contributed by atoms with van der Waals surface area (Å²) in [6.45, 7) is 4.73. The van der Waals surface area contributed by atoms with Crippen molar-refractivity contribution in [3.8, 4) is 0 Å². The van der Waals surface area contributed by atoms with E-state index in [0.29, 0.717) is 32.8 Å². The highest BCUT2D eigenvalue weighted by Crippen LogP contribution is 2.11. The molecule has 1 aliphatic rings. The Morgan fingerprint density at radius 2 is 2.11 bits per heavy atom. The molecule has 0 aromatic carbocycles. The van der Waals surface area contributed by atoms with Gasteiger partial charge in [0.15, 0.2) is 0 Å². The average molecular weight is 252 g/mol. The minimum atomic E-state index is -0.272. The summed E-state index contributed by atoms with van der Waals surface area (Å²) in [6, 6.07) is 3.12. The molecule has 7 heteroatoms. The number of aromatic nitrogens is 2. The normalized spacial score (nSPS) is 15.6. The molecule has 1 fully saturated rings. The first-order valence-corrected chi connectivity index (χ1v) is 5.93. The maximum absolute atomic E-state index is 11.5. The quantitative estimate of drug-likeness (QED) is 0.804. The van der Waals surface area contributed by atoms with Gasteiger partial charge in [-0.25, -0.2) is 9.89 Å².